The van der Waals surface area contributed by atoms with Crippen molar-refractivity contribution in [2.75, 3.05) is 4.90 Å². The molecule has 0 bridgehead atoms. The van der Waals surface area contributed by atoms with E-state index < -0.39 is 0 Å². The van der Waals surface area contributed by atoms with Gasteiger partial charge in [0.25, 0.3) is 0 Å². The van der Waals surface area contributed by atoms with Crippen molar-refractivity contribution in [1.29, 1.82) is 0 Å². The number of fused-ring (bicyclic) bond motifs is 5. The fraction of sp³-hybridized carbons (Fsp3) is 0. The number of benzene rings is 11. The quantitative estimate of drug-likeness (QED) is 0.147. The van der Waals surface area contributed by atoms with Gasteiger partial charge in [-0.15, -0.1) is 11.3 Å². The average Bonchev–Trinajstić information content (AvgIpc) is 3.75. The second-order valence-corrected chi connectivity index (χ2v) is 17.6. The molecule has 0 saturated carbocycles. The number of thiophene rings is 1. The lowest BCUT2D eigenvalue weighted by Crippen LogP contribution is -2.11. The van der Waals surface area contributed by atoms with Crippen LogP contribution in [-0.2, 0) is 0 Å². The summed E-state index contributed by atoms with van der Waals surface area (Å²) in [5.74, 6) is 0. The second kappa shape index (κ2) is 16.0. The summed E-state index contributed by atoms with van der Waals surface area (Å²) >= 11 is 1.86. The van der Waals surface area contributed by atoms with Crippen LogP contribution in [0.2, 0.25) is 0 Å². The molecule has 0 spiro atoms. The Labute approximate surface area is 377 Å². The first-order valence-electron chi connectivity index (χ1n) is 21.9. The largest absolute Gasteiger partial charge is 0.310 e. The van der Waals surface area contributed by atoms with Crippen molar-refractivity contribution in [2.45, 2.75) is 0 Å². The third-order valence-corrected chi connectivity index (χ3v) is 13.8. The Morgan fingerprint density at radius 1 is 0.250 bits per heavy atom. The van der Waals surface area contributed by atoms with E-state index in [1.54, 1.807) is 0 Å². The van der Waals surface area contributed by atoms with Crippen LogP contribution in [0.1, 0.15) is 0 Å². The topological polar surface area (TPSA) is 3.24 Å². The van der Waals surface area contributed by atoms with Gasteiger partial charge >= 0.3 is 0 Å². The van der Waals surface area contributed by atoms with Gasteiger partial charge in [-0.3, -0.25) is 0 Å². The van der Waals surface area contributed by atoms with E-state index in [9.17, 15) is 0 Å². The molecule has 1 heterocycles. The number of hydrogen-bond donors (Lipinski definition) is 0. The smallest absolute Gasteiger partial charge is 0.0546 e. The molecule has 0 amide bonds. The van der Waals surface area contributed by atoms with Gasteiger partial charge in [-0.05, 0) is 126 Å². The average molecular weight is 832 g/mol. The van der Waals surface area contributed by atoms with Gasteiger partial charge in [-0.2, -0.15) is 0 Å². The molecule has 12 aromatic rings. The van der Waals surface area contributed by atoms with E-state index in [-0.39, 0.29) is 0 Å². The molecule has 0 unspecified atom stereocenters. The van der Waals surface area contributed by atoms with Gasteiger partial charge in [-0.25, -0.2) is 0 Å². The Kier molecular flexibility index (Phi) is 9.43. The van der Waals surface area contributed by atoms with Crippen LogP contribution in [0.25, 0.3) is 97.4 Å². The predicted octanol–water partition coefficient (Wildman–Crippen LogP) is 18.2. The van der Waals surface area contributed by atoms with Crippen molar-refractivity contribution in [3.8, 4) is 55.6 Å². The molecule has 11 aromatic carbocycles. The molecule has 0 aliphatic carbocycles. The molecule has 2 heteroatoms. The van der Waals surface area contributed by atoms with Crippen LogP contribution < -0.4 is 4.90 Å². The van der Waals surface area contributed by atoms with E-state index in [1.165, 1.54) is 91.8 Å². The lowest BCUT2D eigenvalue weighted by Gasteiger charge is -2.29. The minimum absolute atomic E-state index is 1.09. The molecule has 0 aliphatic rings. The molecule has 0 fully saturated rings. The highest BCUT2D eigenvalue weighted by molar-refractivity contribution is 7.25. The summed E-state index contributed by atoms with van der Waals surface area (Å²) in [6.07, 6.45) is 0. The van der Waals surface area contributed by atoms with Crippen molar-refractivity contribution in [1.82, 2.24) is 0 Å². The summed E-state index contributed by atoms with van der Waals surface area (Å²) in [7, 11) is 0. The second-order valence-electron chi connectivity index (χ2n) is 16.5. The van der Waals surface area contributed by atoms with Gasteiger partial charge in [0.15, 0.2) is 0 Å². The number of nitrogens with zero attached hydrogens (tertiary/aromatic N) is 1. The number of anilines is 3. The van der Waals surface area contributed by atoms with Crippen molar-refractivity contribution < 1.29 is 0 Å². The lowest BCUT2D eigenvalue weighted by molar-refractivity contribution is 1.28. The molecule has 64 heavy (non-hydrogen) atoms. The van der Waals surface area contributed by atoms with Crippen molar-refractivity contribution in [2.24, 2.45) is 0 Å². The van der Waals surface area contributed by atoms with Crippen molar-refractivity contribution >= 4 is 70.1 Å². The van der Waals surface area contributed by atoms with E-state index in [0.29, 0.717) is 0 Å². The van der Waals surface area contributed by atoms with Gasteiger partial charge < -0.3 is 4.90 Å². The van der Waals surface area contributed by atoms with Crippen molar-refractivity contribution in [3.63, 3.8) is 0 Å². The zero-order chi connectivity index (χ0) is 42.4. The van der Waals surface area contributed by atoms with Crippen LogP contribution in [0.15, 0.2) is 249 Å². The van der Waals surface area contributed by atoms with Crippen LogP contribution in [0.4, 0.5) is 17.1 Å². The maximum atomic E-state index is 2.43. The van der Waals surface area contributed by atoms with Crippen LogP contribution in [0.5, 0.6) is 0 Å². The van der Waals surface area contributed by atoms with Crippen LogP contribution in [0, 0.1) is 0 Å². The molecule has 0 saturated heterocycles. The highest BCUT2D eigenvalue weighted by Crippen LogP contribution is 2.45. The minimum atomic E-state index is 1.09. The lowest BCUT2D eigenvalue weighted by atomic mass is 9.95. The first kappa shape index (κ1) is 37.7. The molecule has 0 atom stereocenters. The van der Waals surface area contributed by atoms with E-state index in [4.69, 9.17) is 0 Å². The van der Waals surface area contributed by atoms with E-state index in [1.807, 2.05) is 11.3 Å². The Balaban J connectivity index is 0.972. The van der Waals surface area contributed by atoms with Gasteiger partial charge in [0.2, 0.25) is 0 Å². The molecular weight excluding hydrogens is 791 g/mol. The molecule has 1 aromatic heterocycles. The summed E-state index contributed by atoms with van der Waals surface area (Å²) in [6, 6.07) is 91.1. The molecule has 12 rings (SSSR count). The highest BCUT2D eigenvalue weighted by atomic mass is 32.1. The van der Waals surface area contributed by atoms with Gasteiger partial charge in [-0.1, -0.05) is 194 Å². The van der Waals surface area contributed by atoms with Crippen LogP contribution in [0.3, 0.4) is 0 Å². The highest BCUT2D eigenvalue weighted by Gasteiger charge is 2.20. The normalized spacial score (nSPS) is 11.4. The van der Waals surface area contributed by atoms with Gasteiger partial charge in [0.05, 0.1) is 5.69 Å². The zero-order valence-corrected chi connectivity index (χ0v) is 35.8. The summed E-state index contributed by atoms with van der Waals surface area (Å²) in [5, 5.41) is 7.62. The maximum Gasteiger partial charge on any atom is 0.0546 e. The summed E-state index contributed by atoms with van der Waals surface area (Å²) in [4.78, 5) is 2.43. The molecule has 0 radical (unpaired) electrons. The summed E-state index contributed by atoms with van der Waals surface area (Å²) < 4.78 is 2.64. The minimum Gasteiger partial charge on any atom is -0.310 e. The third kappa shape index (κ3) is 6.91. The van der Waals surface area contributed by atoms with Crippen LogP contribution >= 0.6 is 11.3 Å². The fourth-order valence-electron chi connectivity index (χ4n) is 9.39. The molecule has 0 aliphatic heterocycles. The first-order valence-corrected chi connectivity index (χ1v) is 22.7. The monoisotopic (exact) mass is 831 g/mol. The standard InChI is InChI=1S/C62H41NS/c1-2-12-47(13-3-1)57-37-31-52(50-26-23-42-11-4-5-15-49(42)39-50)41-60(57)63(54-35-29-45(30-36-54)51-32-38-62-59(40-51)58-18-8-9-20-61(58)64-62)53-33-27-44(28-34-53)43-21-24-48(25-22-43)56-19-10-16-46-14-6-7-17-55(46)56/h1-41H. The van der Waals surface area contributed by atoms with E-state index >= 15 is 0 Å². The first-order chi connectivity index (χ1) is 31.7. The van der Waals surface area contributed by atoms with E-state index in [0.717, 1.165) is 22.6 Å². The predicted molar refractivity (Wildman–Crippen MR) is 276 cm³/mol. The van der Waals surface area contributed by atoms with Gasteiger partial charge in [0, 0.05) is 37.1 Å². The third-order valence-electron chi connectivity index (χ3n) is 12.7. The summed E-state index contributed by atoms with van der Waals surface area (Å²) in [5.41, 5.74) is 15.2. The summed E-state index contributed by atoms with van der Waals surface area (Å²) in [6.45, 7) is 0. The Morgan fingerprint density at radius 2 is 0.750 bits per heavy atom. The fourth-order valence-corrected chi connectivity index (χ4v) is 10.5. The molecule has 300 valence electrons. The molecular formula is C62H41NS. The Morgan fingerprint density at radius 3 is 1.52 bits per heavy atom. The Hall–Kier alpha value is -8.04. The molecule has 1 nitrogen and oxygen atoms in total. The molecule has 0 N–H and O–H groups in total. The van der Waals surface area contributed by atoms with Crippen LogP contribution in [-0.4, -0.2) is 0 Å². The van der Waals surface area contributed by atoms with E-state index in [2.05, 4.69) is 254 Å². The van der Waals surface area contributed by atoms with Gasteiger partial charge in [0.1, 0.15) is 0 Å². The van der Waals surface area contributed by atoms with Crippen molar-refractivity contribution in [3.05, 3.63) is 249 Å². The SMILES string of the molecule is c1ccc(-c2ccc(-c3ccc4ccccc4c3)cc2N(c2ccc(-c3ccc(-c4cccc5ccccc45)cc3)cc2)c2ccc(-c3ccc4sc5ccccc5c4c3)cc2)cc1. The zero-order valence-electron chi connectivity index (χ0n) is 35.0. The number of hydrogen-bond acceptors (Lipinski definition) is 2. The Bertz CT molecular complexity index is 3630. The maximum absolute atomic E-state index is 2.43. The number of rotatable bonds is 8.